The smallest absolute Gasteiger partial charge is 0.302 e. The topological polar surface area (TPSA) is 193 Å². The summed E-state index contributed by atoms with van der Waals surface area (Å²) in [6.45, 7) is 11.8. The standard InChI is InChI=1S/C42H51FN8O6S/c1-23(27-7-9-28(10-8-27)37-24(2)45-22-58-37)46-40(55)34-19-30(57-25(3)52)21-51(34)41(56)38(42(4,5)6)47-36(54)17-26-13-15-50(16-14-26)33-20-32(48-49-39(33)44)31-18-29(43)11-12-35(31)53/h7-12,18,20,22-23,26,30,34,38,53H,13-17,19,21H2,1-6H3,(H2,44,49)(H,46,55)(H,47,54)/t23-,30+,34-,38+/m0/s1. The van der Waals surface area contributed by atoms with Gasteiger partial charge in [-0.05, 0) is 73.4 Å². The number of nitrogen functional groups attached to an aromatic ring is 1. The predicted molar refractivity (Wildman–Crippen MR) is 219 cm³/mol. The van der Waals surface area contributed by atoms with Crippen LogP contribution in [0, 0.1) is 24.1 Å². The number of amides is 3. The van der Waals surface area contributed by atoms with Crippen LogP contribution in [-0.4, -0.2) is 86.7 Å². The number of hydrogen-bond acceptors (Lipinski definition) is 12. The molecule has 0 saturated carbocycles. The number of nitrogens with zero attached hydrogens (tertiary/aromatic N) is 5. The fraction of sp³-hybridized carbons (Fsp3) is 0.452. The van der Waals surface area contributed by atoms with Crippen molar-refractivity contribution >= 4 is 46.5 Å². The predicted octanol–water partition coefficient (Wildman–Crippen LogP) is 5.55. The summed E-state index contributed by atoms with van der Waals surface area (Å²) in [4.78, 5) is 62.8. The summed E-state index contributed by atoms with van der Waals surface area (Å²) in [5, 5.41) is 24.5. The SMILES string of the molecule is CC(=O)O[C@@H]1C[C@@H](C(=O)N[C@@H](C)c2ccc(-c3scnc3C)cc2)N(C(=O)[C@@H](NC(=O)CC2CCN(c3cc(-c4cc(F)ccc4O)nnc3N)CC2)C(C)(C)C)C1. The number of phenolic OH excluding ortho intramolecular Hbond substituents is 1. The summed E-state index contributed by atoms with van der Waals surface area (Å²) in [6, 6.07) is 10.9. The zero-order valence-corrected chi connectivity index (χ0v) is 34.4. The van der Waals surface area contributed by atoms with Crippen LogP contribution in [0.2, 0.25) is 0 Å². The average Bonchev–Trinajstić information content (AvgIpc) is 3.80. The number of thiazole rings is 1. The fourth-order valence-electron chi connectivity index (χ4n) is 7.67. The number of hydrogen-bond donors (Lipinski definition) is 4. The third-order valence-corrected chi connectivity index (χ3v) is 11.8. The van der Waals surface area contributed by atoms with Crippen molar-refractivity contribution in [2.75, 3.05) is 30.3 Å². The van der Waals surface area contributed by atoms with E-state index in [-0.39, 0.29) is 66.0 Å². The molecule has 0 spiro atoms. The first-order valence-electron chi connectivity index (χ1n) is 19.4. The highest BCUT2D eigenvalue weighted by molar-refractivity contribution is 7.13. The van der Waals surface area contributed by atoms with E-state index < -0.39 is 41.3 Å². The summed E-state index contributed by atoms with van der Waals surface area (Å²) in [5.41, 5.74) is 11.2. The molecule has 2 fully saturated rings. The lowest BCUT2D eigenvalue weighted by Crippen LogP contribution is -2.58. The number of aryl methyl sites for hydroxylation is 1. The zero-order valence-electron chi connectivity index (χ0n) is 33.6. The van der Waals surface area contributed by atoms with Gasteiger partial charge in [-0.25, -0.2) is 9.37 Å². The van der Waals surface area contributed by atoms with Gasteiger partial charge < -0.3 is 36.0 Å². The van der Waals surface area contributed by atoms with Crippen LogP contribution in [0.25, 0.3) is 21.7 Å². The second kappa shape index (κ2) is 17.5. The minimum atomic E-state index is -0.966. The molecule has 2 aliphatic heterocycles. The number of aromatic hydroxyl groups is 1. The monoisotopic (exact) mass is 814 g/mol. The number of ether oxygens (including phenoxy) is 1. The minimum Gasteiger partial charge on any atom is -0.507 e. The van der Waals surface area contributed by atoms with Crippen molar-refractivity contribution in [2.45, 2.75) is 91.5 Å². The highest BCUT2D eigenvalue weighted by atomic mass is 32.1. The number of carbonyl (C=O) groups is 4. The van der Waals surface area contributed by atoms with Crippen LogP contribution in [0.3, 0.4) is 0 Å². The number of nitrogens with two attached hydrogens (primary N) is 1. The number of carbonyl (C=O) groups excluding carboxylic acids is 4. The number of anilines is 2. The third-order valence-electron chi connectivity index (χ3n) is 10.8. The third kappa shape index (κ3) is 9.72. The Kier molecular flexibility index (Phi) is 12.6. The van der Waals surface area contributed by atoms with Crippen molar-refractivity contribution in [3.8, 4) is 27.4 Å². The lowest BCUT2D eigenvalue weighted by atomic mass is 9.85. The fourth-order valence-corrected chi connectivity index (χ4v) is 8.48. The van der Waals surface area contributed by atoms with Crippen molar-refractivity contribution in [1.29, 1.82) is 0 Å². The van der Waals surface area contributed by atoms with Gasteiger partial charge in [0.05, 0.1) is 40.0 Å². The number of esters is 1. The lowest BCUT2D eigenvalue weighted by molar-refractivity contribution is -0.147. The quantitative estimate of drug-likeness (QED) is 0.139. The molecule has 2 aromatic heterocycles. The second-order valence-corrected chi connectivity index (χ2v) is 17.1. The van der Waals surface area contributed by atoms with Crippen molar-refractivity contribution < 1.29 is 33.4 Å². The van der Waals surface area contributed by atoms with E-state index in [2.05, 4.69) is 25.8 Å². The van der Waals surface area contributed by atoms with Gasteiger partial charge in [-0.2, -0.15) is 0 Å². The minimum absolute atomic E-state index is 0.00920. The van der Waals surface area contributed by atoms with Crippen LogP contribution >= 0.6 is 11.3 Å². The molecule has 0 radical (unpaired) electrons. The van der Waals surface area contributed by atoms with E-state index in [1.807, 2.05) is 69.3 Å². The molecular formula is C42H51FN8O6S. The Hall–Kier alpha value is -5.64. The molecule has 0 bridgehead atoms. The Morgan fingerprint density at radius 1 is 1.05 bits per heavy atom. The van der Waals surface area contributed by atoms with E-state index in [9.17, 15) is 28.7 Å². The molecule has 0 aliphatic carbocycles. The Morgan fingerprint density at radius 3 is 2.40 bits per heavy atom. The van der Waals surface area contributed by atoms with Crippen LogP contribution < -0.4 is 21.3 Å². The van der Waals surface area contributed by atoms with Crippen LogP contribution in [0.5, 0.6) is 5.75 Å². The number of piperidine rings is 1. The summed E-state index contributed by atoms with van der Waals surface area (Å²) < 4.78 is 19.5. The van der Waals surface area contributed by atoms with Crippen LogP contribution in [-0.2, 0) is 23.9 Å². The molecule has 2 saturated heterocycles. The molecule has 3 amide bonds. The van der Waals surface area contributed by atoms with Gasteiger partial charge in [0.2, 0.25) is 17.7 Å². The summed E-state index contributed by atoms with van der Waals surface area (Å²) in [5.74, 6) is -2.06. The first-order valence-corrected chi connectivity index (χ1v) is 20.3. The number of nitrogens with one attached hydrogen (secondary N) is 2. The van der Waals surface area contributed by atoms with E-state index in [1.54, 1.807) is 17.4 Å². The van der Waals surface area contributed by atoms with Crippen LogP contribution in [0.1, 0.15) is 77.6 Å². The number of benzene rings is 2. The summed E-state index contributed by atoms with van der Waals surface area (Å²) in [7, 11) is 0. The highest BCUT2D eigenvalue weighted by Gasteiger charge is 2.46. The summed E-state index contributed by atoms with van der Waals surface area (Å²) in [6.07, 6.45) is 0.914. The molecule has 2 aliphatic rings. The molecule has 6 rings (SSSR count). The second-order valence-electron chi connectivity index (χ2n) is 16.3. The van der Waals surface area contributed by atoms with Gasteiger partial charge in [0.15, 0.2) is 5.82 Å². The van der Waals surface area contributed by atoms with Crippen molar-refractivity contribution in [1.82, 2.24) is 30.7 Å². The van der Waals surface area contributed by atoms with E-state index in [4.69, 9.17) is 10.5 Å². The molecule has 0 unspecified atom stereocenters. The number of aromatic nitrogens is 3. The first kappa shape index (κ1) is 42.0. The van der Waals surface area contributed by atoms with Crippen LogP contribution in [0.4, 0.5) is 15.9 Å². The summed E-state index contributed by atoms with van der Waals surface area (Å²) >= 11 is 1.56. The Balaban J connectivity index is 1.09. The number of likely N-dealkylation sites (tertiary alicyclic amines) is 1. The molecular weight excluding hydrogens is 764 g/mol. The van der Waals surface area contributed by atoms with E-state index in [1.165, 1.54) is 24.0 Å². The maximum atomic E-state index is 14.4. The van der Waals surface area contributed by atoms with Gasteiger partial charge in [0.25, 0.3) is 0 Å². The Morgan fingerprint density at radius 2 is 1.76 bits per heavy atom. The van der Waals surface area contributed by atoms with Gasteiger partial charge >= 0.3 is 5.97 Å². The van der Waals surface area contributed by atoms with Gasteiger partial charge in [-0.15, -0.1) is 21.5 Å². The van der Waals surface area contributed by atoms with Crippen molar-refractivity contribution in [2.24, 2.45) is 11.3 Å². The van der Waals surface area contributed by atoms with Gasteiger partial charge in [-0.1, -0.05) is 45.0 Å². The molecule has 4 heterocycles. The number of phenols is 1. The van der Waals surface area contributed by atoms with Crippen molar-refractivity contribution in [3.63, 3.8) is 0 Å². The van der Waals surface area contributed by atoms with Crippen molar-refractivity contribution in [3.05, 3.63) is 71.1 Å². The highest BCUT2D eigenvalue weighted by Crippen LogP contribution is 2.35. The Labute approximate surface area is 341 Å². The normalized spacial score (nSPS) is 18.4. The van der Waals surface area contributed by atoms with E-state index in [0.29, 0.717) is 31.6 Å². The maximum absolute atomic E-state index is 14.4. The van der Waals surface area contributed by atoms with E-state index >= 15 is 0 Å². The largest absolute Gasteiger partial charge is 0.507 e. The molecule has 4 aromatic rings. The molecule has 58 heavy (non-hydrogen) atoms. The van der Waals surface area contributed by atoms with E-state index in [0.717, 1.165) is 27.8 Å². The number of halogens is 1. The Bertz CT molecular complexity index is 2150. The van der Waals surface area contributed by atoms with Crippen LogP contribution in [0.15, 0.2) is 54.0 Å². The molecule has 5 N–H and O–H groups in total. The van der Waals surface area contributed by atoms with Gasteiger partial charge in [0.1, 0.15) is 29.8 Å². The average molecular weight is 815 g/mol. The molecule has 308 valence electrons. The van der Waals surface area contributed by atoms with Gasteiger partial charge in [-0.3, -0.25) is 19.2 Å². The molecule has 14 nitrogen and oxygen atoms in total. The number of rotatable bonds is 11. The molecule has 16 heteroatoms. The molecule has 2 aromatic carbocycles. The lowest BCUT2D eigenvalue weighted by Gasteiger charge is -2.36. The molecule has 4 atom stereocenters. The first-order chi connectivity index (χ1) is 27.5. The van der Waals surface area contributed by atoms with Gasteiger partial charge in [0, 0.05) is 38.4 Å². The zero-order chi connectivity index (χ0) is 41.9. The maximum Gasteiger partial charge on any atom is 0.302 e.